The Hall–Kier alpha value is -2.70. The second-order valence-corrected chi connectivity index (χ2v) is 6.37. The molecule has 1 atom stereocenters. The number of anilines is 2. The third kappa shape index (κ3) is 2.77. The van der Waals surface area contributed by atoms with E-state index in [0.717, 1.165) is 49.4 Å². The third-order valence-corrected chi connectivity index (χ3v) is 4.66. The lowest BCUT2D eigenvalue weighted by Gasteiger charge is -2.19. The Bertz CT molecular complexity index is 840. The van der Waals surface area contributed by atoms with E-state index in [1.807, 2.05) is 12.3 Å². The summed E-state index contributed by atoms with van der Waals surface area (Å²) in [6.45, 7) is 4.16. The minimum absolute atomic E-state index is 0.574. The Morgan fingerprint density at radius 3 is 3.04 bits per heavy atom. The average molecular weight is 323 g/mol. The van der Waals surface area contributed by atoms with Crippen molar-refractivity contribution in [1.82, 2.24) is 24.8 Å². The largest absolute Gasteiger partial charge is 0.384 e. The average Bonchev–Trinajstić information content (AvgIpc) is 3.25. The monoisotopic (exact) mass is 323 g/mol. The Labute approximate surface area is 140 Å². The van der Waals surface area contributed by atoms with E-state index < -0.39 is 0 Å². The molecule has 0 radical (unpaired) electrons. The van der Waals surface area contributed by atoms with Crippen molar-refractivity contribution in [3.05, 3.63) is 42.0 Å². The van der Waals surface area contributed by atoms with Gasteiger partial charge in [0, 0.05) is 19.3 Å². The first-order chi connectivity index (χ1) is 11.7. The van der Waals surface area contributed by atoms with Gasteiger partial charge in [0.2, 0.25) is 5.65 Å². The number of hydrogen-bond acceptors (Lipinski definition) is 6. The molecule has 7 nitrogen and oxygen atoms in total. The fraction of sp³-hybridized carbons (Fsp3) is 0.412. The molecule has 2 N–H and O–H groups in total. The van der Waals surface area contributed by atoms with Crippen LogP contribution in [0.3, 0.4) is 0 Å². The number of pyridine rings is 1. The van der Waals surface area contributed by atoms with Crippen molar-refractivity contribution in [2.75, 3.05) is 23.7 Å². The van der Waals surface area contributed by atoms with E-state index in [-0.39, 0.29) is 0 Å². The topological polar surface area (TPSA) is 85.2 Å². The van der Waals surface area contributed by atoms with Crippen molar-refractivity contribution in [2.24, 2.45) is 5.92 Å². The standard InChI is InChI=1S/C17H21N7/c1-2-14-8-15(17-21-20-11-24(17)22-14)23-6-5-13(10-23)7-12-3-4-16(18)19-9-12/h3-4,8-9,11,13H,2,5-7,10H2,1H3,(H2,18,19). The minimum Gasteiger partial charge on any atom is -0.384 e. The summed E-state index contributed by atoms with van der Waals surface area (Å²) in [4.78, 5) is 6.59. The van der Waals surface area contributed by atoms with E-state index in [0.29, 0.717) is 11.7 Å². The minimum atomic E-state index is 0.574. The highest BCUT2D eigenvalue weighted by Gasteiger charge is 2.25. The third-order valence-electron chi connectivity index (χ3n) is 4.66. The van der Waals surface area contributed by atoms with Crippen LogP contribution in [0.2, 0.25) is 0 Å². The first kappa shape index (κ1) is 14.9. The fourth-order valence-electron chi connectivity index (χ4n) is 3.37. The molecule has 1 aliphatic rings. The molecule has 1 fully saturated rings. The lowest BCUT2D eigenvalue weighted by Crippen LogP contribution is -2.22. The van der Waals surface area contributed by atoms with Gasteiger partial charge in [-0.3, -0.25) is 0 Å². The molecule has 3 aromatic heterocycles. The molecule has 1 unspecified atom stereocenters. The maximum absolute atomic E-state index is 5.66. The van der Waals surface area contributed by atoms with Crippen molar-refractivity contribution < 1.29 is 0 Å². The molecule has 0 aromatic carbocycles. The van der Waals surface area contributed by atoms with Gasteiger partial charge in [-0.15, -0.1) is 10.2 Å². The van der Waals surface area contributed by atoms with Gasteiger partial charge in [-0.05, 0) is 42.9 Å². The van der Waals surface area contributed by atoms with E-state index in [2.05, 4.69) is 44.2 Å². The molecule has 0 aliphatic carbocycles. The van der Waals surface area contributed by atoms with Crippen LogP contribution in [-0.4, -0.2) is 37.9 Å². The number of hydrogen-bond donors (Lipinski definition) is 1. The zero-order valence-electron chi connectivity index (χ0n) is 13.8. The van der Waals surface area contributed by atoms with Crippen LogP contribution in [0.1, 0.15) is 24.6 Å². The predicted molar refractivity (Wildman–Crippen MR) is 92.8 cm³/mol. The maximum atomic E-state index is 5.66. The van der Waals surface area contributed by atoms with Crippen LogP contribution in [0.25, 0.3) is 5.65 Å². The number of nitrogens with two attached hydrogens (primary N) is 1. The number of fused-ring (bicyclic) bond motifs is 1. The van der Waals surface area contributed by atoms with Gasteiger partial charge in [-0.1, -0.05) is 13.0 Å². The molecule has 4 rings (SSSR count). The summed E-state index contributed by atoms with van der Waals surface area (Å²) in [7, 11) is 0. The van der Waals surface area contributed by atoms with Gasteiger partial charge in [-0.25, -0.2) is 4.98 Å². The molecule has 0 bridgehead atoms. The number of aryl methyl sites for hydroxylation is 1. The predicted octanol–water partition coefficient (Wildman–Crippen LogP) is 1.73. The highest BCUT2D eigenvalue weighted by Crippen LogP contribution is 2.29. The van der Waals surface area contributed by atoms with E-state index in [4.69, 9.17) is 5.73 Å². The fourth-order valence-corrected chi connectivity index (χ4v) is 3.37. The molecule has 0 saturated carbocycles. The Morgan fingerprint density at radius 2 is 2.25 bits per heavy atom. The molecule has 1 saturated heterocycles. The molecular formula is C17H21N7. The molecule has 1 aliphatic heterocycles. The zero-order chi connectivity index (χ0) is 16.5. The lowest BCUT2D eigenvalue weighted by molar-refractivity contribution is 0.585. The van der Waals surface area contributed by atoms with Crippen molar-refractivity contribution >= 4 is 17.2 Å². The van der Waals surface area contributed by atoms with Crippen LogP contribution in [0.15, 0.2) is 30.7 Å². The highest BCUT2D eigenvalue weighted by molar-refractivity contribution is 5.68. The smallest absolute Gasteiger partial charge is 0.200 e. The SMILES string of the molecule is CCc1cc(N2CCC(Cc3ccc(N)nc3)C2)c2nncn2n1. The van der Waals surface area contributed by atoms with Crippen LogP contribution < -0.4 is 10.6 Å². The van der Waals surface area contributed by atoms with Gasteiger partial charge >= 0.3 is 0 Å². The van der Waals surface area contributed by atoms with E-state index in [9.17, 15) is 0 Å². The van der Waals surface area contributed by atoms with Crippen LogP contribution in [0.4, 0.5) is 11.5 Å². The van der Waals surface area contributed by atoms with Gasteiger partial charge in [0.25, 0.3) is 0 Å². The van der Waals surface area contributed by atoms with Crippen molar-refractivity contribution in [1.29, 1.82) is 0 Å². The molecule has 24 heavy (non-hydrogen) atoms. The summed E-state index contributed by atoms with van der Waals surface area (Å²) in [5.41, 5.74) is 9.94. The summed E-state index contributed by atoms with van der Waals surface area (Å²) in [6.07, 6.45) is 6.64. The van der Waals surface area contributed by atoms with Crippen LogP contribution in [0.5, 0.6) is 0 Å². The van der Waals surface area contributed by atoms with Gasteiger partial charge in [0.1, 0.15) is 12.1 Å². The van der Waals surface area contributed by atoms with Crippen molar-refractivity contribution in [2.45, 2.75) is 26.2 Å². The van der Waals surface area contributed by atoms with E-state index >= 15 is 0 Å². The van der Waals surface area contributed by atoms with Crippen molar-refractivity contribution in [3.8, 4) is 0 Å². The van der Waals surface area contributed by atoms with Crippen LogP contribution in [-0.2, 0) is 12.8 Å². The number of aromatic nitrogens is 5. The molecular weight excluding hydrogens is 302 g/mol. The summed E-state index contributed by atoms with van der Waals surface area (Å²) in [5, 5.41) is 12.8. The summed E-state index contributed by atoms with van der Waals surface area (Å²) >= 11 is 0. The summed E-state index contributed by atoms with van der Waals surface area (Å²) < 4.78 is 1.78. The summed E-state index contributed by atoms with van der Waals surface area (Å²) in [6, 6.07) is 6.10. The second kappa shape index (κ2) is 6.07. The zero-order valence-corrected chi connectivity index (χ0v) is 13.8. The number of nitrogens with zero attached hydrogens (tertiary/aromatic N) is 6. The Morgan fingerprint density at radius 1 is 1.33 bits per heavy atom. The van der Waals surface area contributed by atoms with Crippen molar-refractivity contribution in [3.63, 3.8) is 0 Å². The normalized spacial score (nSPS) is 17.7. The van der Waals surface area contributed by atoms with Gasteiger partial charge in [-0.2, -0.15) is 9.61 Å². The van der Waals surface area contributed by atoms with Gasteiger partial charge in [0.05, 0.1) is 11.4 Å². The van der Waals surface area contributed by atoms with Crippen LogP contribution in [0, 0.1) is 5.92 Å². The first-order valence-electron chi connectivity index (χ1n) is 8.38. The molecule has 0 spiro atoms. The second-order valence-electron chi connectivity index (χ2n) is 6.37. The van der Waals surface area contributed by atoms with Crippen LogP contribution >= 0.6 is 0 Å². The Kier molecular flexibility index (Phi) is 3.76. The number of nitrogen functional groups attached to an aromatic ring is 1. The molecule has 3 aromatic rings. The lowest BCUT2D eigenvalue weighted by atomic mass is 10.00. The molecule has 7 heteroatoms. The van der Waals surface area contributed by atoms with E-state index in [1.54, 1.807) is 10.8 Å². The first-order valence-corrected chi connectivity index (χ1v) is 8.38. The molecule has 4 heterocycles. The van der Waals surface area contributed by atoms with Gasteiger partial charge < -0.3 is 10.6 Å². The Balaban J connectivity index is 1.54. The molecule has 0 amide bonds. The van der Waals surface area contributed by atoms with Gasteiger partial charge in [0.15, 0.2) is 0 Å². The summed E-state index contributed by atoms with van der Waals surface area (Å²) in [5.74, 6) is 1.18. The quantitative estimate of drug-likeness (QED) is 0.787. The highest BCUT2D eigenvalue weighted by atomic mass is 15.4. The maximum Gasteiger partial charge on any atom is 0.200 e. The molecule has 124 valence electrons. The van der Waals surface area contributed by atoms with E-state index in [1.165, 1.54) is 5.56 Å². The number of rotatable bonds is 4.